The van der Waals surface area contributed by atoms with Gasteiger partial charge in [-0.1, -0.05) is 11.6 Å². The average molecular weight is 275 g/mol. The molecule has 3 aromatic rings. The van der Waals surface area contributed by atoms with Crippen LogP contribution in [-0.2, 0) is 0 Å². The molecule has 0 saturated heterocycles. The maximum Gasteiger partial charge on any atom is 0.176 e. The number of benzene rings is 1. The maximum atomic E-state index is 12.9. The minimum atomic E-state index is -0.277. The highest BCUT2D eigenvalue weighted by molar-refractivity contribution is 6.29. The van der Waals surface area contributed by atoms with Crippen LogP contribution >= 0.6 is 11.6 Å². The second kappa shape index (κ2) is 4.78. The lowest BCUT2D eigenvalue weighted by atomic mass is 10.1. The van der Waals surface area contributed by atoms with Crippen LogP contribution in [0.3, 0.4) is 0 Å². The zero-order chi connectivity index (χ0) is 13.2. The van der Waals surface area contributed by atoms with Gasteiger partial charge in [0, 0.05) is 5.56 Å². The summed E-state index contributed by atoms with van der Waals surface area (Å²) in [6.07, 6.45) is 1.65. The molecule has 0 aliphatic carbocycles. The predicted octanol–water partition coefficient (Wildman–Crippen LogP) is 3.12. The van der Waals surface area contributed by atoms with Crippen LogP contribution in [0, 0.1) is 5.82 Å². The lowest BCUT2D eigenvalue weighted by molar-refractivity contribution is 0.628. The Hall–Kier alpha value is -2.27. The van der Waals surface area contributed by atoms with Gasteiger partial charge in [0.1, 0.15) is 5.82 Å². The number of hydrogen-bond acceptors (Lipinski definition) is 3. The molecule has 0 N–H and O–H groups in total. The van der Waals surface area contributed by atoms with E-state index < -0.39 is 0 Å². The van der Waals surface area contributed by atoms with Crippen LogP contribution in [0.4, 0.5) is 4.39 Å². The summed E-state index contributed by atoms with van der Waals surface area (Å²) in [4.78, 5) is 0. The minimum Gasteiger partial charge on any atom is -0.213 e. The number of halogens is 2. The van der Waals surface area contributed by atoms with Gasteiger partial charge in [0.05, 0.1) is 11.9 Å². The molecule has 0 aliphatic heterocycles. The van der Waals surface area contributed by atoms with Crippen molar-refractivity contribution >= 4 is 11.6 Å². The van der Waals surface area contributed by atoms with Gasteiger partial charge < -0.3 is 0 Å². The van der Waals surface area contributed by atoms with Crippen molar-refractivity contribution < 1.29 is 4.39 Å². The van der Waals surface area contributed by atoms with E-state index >= 15 is 0 Å². The van der Waals surface area contributed by atoms with Gasteiger partial charge in [-0.3, -0.25) is 0 Å². The van der Waals surface area contributed by atoms with Crippen LogP contribution < -0.4 is 0 Å². The van der Waals surface area contributed by atoms with Gasteiger partial charge in [-0.25, -0.2) is 9.07 Å². The predicted molar refractivity (Wildman–Crippen MR) is 69.6 cm³/mol. The second-order valence-electron chi connectivity index (χ2n) is 3.85. The van der Waals surface area contributed by atoms with E-state index in [1.165, 1.54) is 12.1 Å². The van der Waals surface area contributed by atoms with E-state index in [4.69, 9.17) is 11.6 Å². The number of aromatic nitrogens is 4. The number of hydrogen-bond donors (Lipinski definition) is 0. The van der Waals surface area contributed by atoms with E-state index in [0.717, 1.165) is 11.3 Å². The SMILES string of the molecule is Fc1ccc(-c2ccnn2-c2ccc(Cl)nn2)cc1. The molecular formula is C13H8ClFN4. The lowest BCUT2D eigenvalue weighted by Gasteiger charge is -2.06. The third kappa shape index (κ3) is 2.32. The van der Waals surface area contributed by atoms with Crippen molar-refractivity contribution in [1.29, 1.82) is 0 Å². The van der Waals surface area contributed by atoms with E-state index in [0.29, 0.717) is 11.0 Å². The lowest BCUT2D eigenvalue weighted by Crippen LogP contribution is -2.02. The molecule has 6 heteroatoms. The van der Waals surface area contributed by atoms with Gasteiger partial charge in [0.15, 0.2) is 11.0 Å². The van der Waals surface area contributed by atoms with Crippen molar-refractivity contribution in [1.82, 2.24) is 20.0 Å². The molecule has 0 atom stereocenters. The third-order valence-electron chi connectivity index (χ3n) is 2.62. The van der Waals surface area contributed by atoms with E-state index in [2.05, 4.69) is 15.3 Å². The fraction of sp³-hybridized carbons (Fsp3) is 0. The highest BCUT2D eigenvalue weighted by atomic mass is 35.5. The minimum absolute atomic E-state index is 0.277. The first-order valence-corrected chi connectivity index (χ1v) is 5.91. The normalized spacial score (nSPS) is 10.6. The summed E-state index contributed by atoms with van der Waals surface area (Å²) in [5, 5.41) is 12.3. The zero-order valence-corrected chi connectivity index (χ0v) is 10.4. The summed E-state index contributed by atoms with van der Waals surface area (Å²) in [5.41, 5.74) is 1.65. The summed E-state index contributed by atoms with van der Waals surface area (Å²) in [7, 11) is 0. The Morgan fingerprint density at radius 3 is 2.42 bits per heavy atom. The standard InChI is InChI=1S/C13H8ClFN4/c14-12-5-6-13(18-17-12)19-11(7-8-16-19)9-1-3-10(15)4-2-9/h1-8H. The molecule has 0 saturated carbocycles. The summed E-state index contributed by atoms with van der Waals surface area (Å²) in [6.45, 7) is 0. The van der Waals surface area contributed by atoms with Crippen molar-refractivity contribution in [2.45, 2.75) is 0 Å². The molecule has 2 heterocycles. The highest BCUT2D eigenvalue weighted by Gasteiger charge is 2.08. The molecule has 0 spiro atoms. The van der Waals surface area contributed by atoms with Gasteiger partial charge >= 0.3 is 0 Å². The van der Waals surface area contributed by atoms with Crippen LogP contribution in [0.15, 0.2) is 48.7 Å². The van der Waals surface area contributed by atoms with Crippen molar-refractivity contribution in [2.75, 3.05) is 0 Å². The van der Waals surface area contributed by atoms with Gasteiger partial charge in [-0.05, 0) is 42.5 Å². The molecule has 0 unspecified atom stereocenters. The summed E-state index contributed by atoms with van der Waals surface area (Å²) < 4.78 is 14.6. The molecule has 0 amide bonds. The van der Waals surface area contributed by atoms with Crippen molar-refractivity contribution in [3.8, 4) is 17.1 Å². The maximum absolute atomic E-state index is 12.9. The quantitative estimate of drug-likeness (QED) is 0.721. The number of nitrogens with zero attached hydrogens (tertiary/aromatic N) is 4. The molecule has 1 aromatic carbocycles. The molecule has 19 heavy (non-hydrogen) atoms. The molecule has 94 valence electrons. The summed E-state index contributed by atoms with van der Waals surface area (Å²) in [6, 6.07) is 11.4. The Labute approximate surface area is 113 Å². The van der Waals surface area contributed by atoms with Crippen molar-refractivity contribution in [2.24, 2.45) is 0 Å². The Bertz CT molecular complexity index is 631. The molecule has 2 aromatic heterocycles. The zero-order valence-electron chi connectivity index (χ0n) is 9.66. The summed E-state index contributed by atoms with van der Waals surface area (Å²) in [5.74, 6) is 0.273. The Morgan fingerprint density at radius 1 is 0.947 bits per heavy atom. The molecule has 0 radical (unpaired) electrons. The Morgan fingerprint density at radius 2 is 1.74 bits per heavy atom. The van der Waals surface area contributed by atoms with E-state index in [1.54, 1.807) is 35.1 Å². The first-order chi connectivity index (χ1) is 9.24. The number of rotatable bonds is 2. The van der Waals surface area contributed by atoms with E-state index in [-0.39, 0.29) is 5.82 Å². The van der Waals surface area contributed by atoms with Gasteiger partial charge in [0.25, 0.3) is 0 Å². The fourth-order valence-corrected chi connectivity index (χ4v) is 1.85. The van der Waals surface area contributed by atoms with Crippen LogP contribution in [0.2, 0.25) is 5.15 Å². The van der Waals surface area contributed by atoms with Crippen molar-refractivity contribution in [3.05, 3.63) is 59.6 Å². The molecule has 0 aliphatic rings. The average Bonchev–Trinajstić information content (AvgIpc) is 2.90. The first kappa shape index (κ1) is 11.8. The van der Waals surface area contributed by atoms with Gasteiger partial charge in [0.2, 0.25) is 0 Å². The second-order valence-corrected chi connectivity index (χ2v) is 4.24. The van der Waals surface area contributed by atoms with Crippen LogP contribution in [0.1, 0.15) is 0 Å². The van der Waals surface area contributed by atoms with Crippen LogP contribution in [0.25, 0.3) is 17.1 Å². The smallest absolute Gasteiger partial charge is 0.176 e. The van der Waals surface area contributed by atoms with Crippen LogP contribution in [0.5, 0.6) is 0 Å². The van der Waals surface area contributed by atoms with Gasteiger partial charge in [-0.2, -0.15) is 5.10 Å². The largest absolute Gasteiger partial charge is 0.213 e. The van der Waals surface area contributed by atoms with Crippen molar-refractivity contribution in [3.63, 3.8) is 0 Å². The molecule has 3 rings (SSSR count). The molecular weight excluding hydrogens is 267 g/mol. The molecule has 0 bridgehead atoms. The van der Waals surface area contributed by atoms with Crippen LogP contribution in [-0.4, -0.2) is 20.0 Å². The first-order valence-electron chi connectivity index (χ1n) is 5.53. The van der Waals surface area contributed by atoms with E-state index in [1.807, 2.05) is 6.07 Å². The Kier molecular flexibility index (Phi) is 2.97. The third-order valence-corrected chi connectivity index (χ3v) is 2.82. The fourth-order valence-electron chi connectivity index (χ4n) is 1.75. The summed E-state index contributed by atoms with van der Waals surface area (Å²) >= 11 is 5.70. The monoisotopic (exact) mass is 274 g/mol. The van der Waals surface area contributed by atoms with Gasteiger partial charge in [-0.15, -0.1) is 10.2 Å². The topological polar surface area (TPSA) is 43.6 Å². The molecule has 4 nitrogen and oxygen atoms in total. The highest BCUT2D eigenvalue weighted by Crippen LogP contribution is 2.21. The molecule has 0 fully saturated rings. The Balaban J connectivity index is 2.07. The van der Waals surface area contributed by atoms with E-state index in [9.17, 15) is 4.39 Å².